The summed E-state index contributed by atoms with van der Waals surface area (Å²) < 4.78 is 0. The zero-order valence-electron chi connectivity index (χ0n) is 11.5. The van der Waals surface area contributed by atoms with Gasteiger partial charge < -0.3 is 10.2 Å². The number of aromatic hydroxyl groups is 1. The zero-order valence-corrected chi connectivity index (χ0v) is 11.5. The number of nitrogens with zero attached hydrogens (tertiary/aromatic N) is 4. The second-order valence-electron chi connectivity index (χ2n) is 4.34. The van der Waals surface area contributed by atoms with Crippen molar-refractivity contribution in [1.29, 1.82) is 0 Å². The molecular weight excluding hydrogens is 276 g/mol. The molecule has 0 spiro atoms. The molecule has 8 nitrogen and oxygen atoms in total. The molecule has 0 saturated heterocycles. The number of rotatable bonds is 7. The molecule has 0 radical (unpaired) electrons. The largest absolute Gasteiger partial charge is 0.507 e. The molecule has 1 aromatic rings. The second kappa shape index (κ2) is 7.76. The van der Waals surface area contributed by atoms with Crippen LogP contribution in [0.5, 0.6) is 5.75 Å². The number of benzene rings is 1. The number of hydrogen-bond acceptors (Lipinski definition) is 4. The van der Waals surface area contributed by atoms with Crippen molar-refractivity contribution < 1.29 is 19.8 Å². The lowest BCUT2D eigenvalue weighted by Gasteiger charge is -2.21. The highest BCUT2D eigenvalue weighted by Gasteiger charge is 2.29. The number of hydrogen-bond donors (Lipinski definition) is 2. The van der Waals surface area contributed by atoms with E-state index in [2.05, 4.69) is 10.1 Å². The highest BCUT2D eigenvalue weighted by atomic mass is 16.4. The van der Waals surface area contributed by atoms with E-state index in [0.717, 1.165) is 5.01 Å². The minimum absolute atomic E-state index is 0.00123. The van der Waals surface area contributed by atoms with Gasteiger partial charge in [-0.25, -0.2) is 4.79 Å². The van der Waals surface area contributed by atoms with Crippen molar-refractivity contribution in [1.82, 2.24) is 5.01 Å². The molecule has 112 valence electrons. The number of phenolic OH excluding ortho intramolecular Hbond substituents is 1. The van der Waals surface area contributed by atoms with Crippen LogP contribution in [0.15, 0.2) is 29.5 Å². The quantitative estimate of drug-likeness (QED) is 0.346. The normalized spacial score (nSPS) is 11.3. The Balaban J connectivity index is 3.04. The predicted octanol–water partition coefficient (Wildman–Crippen LogP) is 2.70. The molecule has 0 bridgehead atoms. The number of carboxylic acid groups (broad SMARTS) is 1. The summed E-state index contributed by atoms with van der Waals surface area (Å²) in [5.74, 6) is -1.89. The molecule has 1 aromatic carbocycles. The molecule has 1 amide bonds. The van der Waals surface area contributed by atoms with Gasteiger partial charge in [-0.3, -0.25) is 4.79 Å². The molecule has 21 heavy (non-hydrogen) atoms. The molecule has 0 aromatic heterocycles. The van der Waals surface area contributed by atoms with Crippen molar-refractivity contribution in [2.75, 3.05) is 0 Å². The summed E-state index contributed by atoms with van der Waals surface area (Å²) in [5.41, 5.74) is 8.61. The first-order chi connectivity index (χ1) is 10.0. The fraction of sp³-hybridized carbons (Fsp3) is 0.385. The molecule has 1 unspecified atom stereocenters. The Labute approximate surface area is 121 Å². The third kappa shape index (κ3) is 4.39. The van der Waals surface area contributed by atoms with Crippen molar-refractivity contribution >= 4 is 11.9 Å². The molecule has 0 aliphatic carbocycles. The van der Waals surface area contributed by atoms with Crippen LogP contribution in [0.3, 0.4) is 0 Å². The van der Waals surface area contributed by atoms with E-state index in [1.807, 2.05) is 0 Å². The van der Waals surface area contributed by atoms with Crippen LogP contribution in [0.2, 0.25) is 0 Å². The van der Waals surface area contributed by atoms with Crippen LogP contribution in [-0.2, 0) is 4.79 Å². The number of aliphatic carboxylic acids is 1. The van der Waals surface area contributed by atoms with Gasteiger partial charge in [0.15, 0.2) is 0 Å². The Morgan fingerprint density at radius 3 is 2.62 bits per heavy atom. The molecule has 1 atom stereocenters. The number of carbonyl (C=O) groups is 2. The van der Waals surface area contributed by atoms with E-state index >= 15 is 0 Å². The van der Waals surface area contributed by atoms with Gasteiger partial charge in [-0.1, -0.05) is 19.1 Å². The Hall–Kier alpha value is -2.73. The number of para-hydroxylation sites is 1. The maximum atomic E-state index is 12.4. The third-order valence-corrected chi connectivity index (χ3v) is 2.99. The first-order valence-electron chi connectivity index (χ1n) is 6.39. The molecule has 2 N–H and O–H groups in total. The van der Waals surface area contributed by atoms with Crippen molar-refractivity contribution in [3.05, 3.63) is 40.3 Å². The summed E-state index contributed by atoms with van der Waals surface area (Å²) in [6.45, 7) is 1.75. The smallest absolute Gasteiger partial charge is 0.348 e. The fourth-order valence-corrected chi connectivity index (χ4v) is 1.89. The lowest BCUT2D eigenvalue weighted by atomic mass is 10.1. The molecule has 1 rings (SSSR count). The van der Waals surface area contributed by atoms with Gasteiger partial charge in [0, 0.05) is 6.42 Å². The minimum atomic E-state index is -0.996. The molecule has 0 aliphatic rings. The van der Waals surface area contributed by atoms with Crippen molar-refractivity contribution in [2.24, 2.45) is 5.22 Å². The van der Waals surface area contributed by atoms with Crippen LogP contribution in [-0.4, -0.2) is 33.1 Å². The van der Waals surface area contributed by atoms with Gasteiger partial charge >= 0.3 is 11.9 Å². The summed E-state index contributed by atoms with van der Waals surface area (Å²) in [7, 11) is 0. The third-order valence-electron chi connectivity index (χ3n) is 2.99. The summed E-state index contributed by atoms with van der Waals surface area (Å²) in [6.07, 6.45) is 0.430. The number of azide groups is 1. The maximum absolute atomic E-state index is 12.4. The molecule has 0 saturated carbocycles. The van der Waals surface area contributed by atoms with Gasteiger partial charge in [-0.15, -0.1) is 5.53 Å². The van der Waals surface area contributed by atoms with E-state index in [0.29, 0.717) is 6.42 Å². The van der Waals surface area contributed by atoms with Gasteiger partial charge in [0.05, 0.1) is 0 Å². The van der Waals surface area contributed by atoms with Gasteiger partial charge in [0.25, 0.3) is 0 Å². The lowest BCUT2D eigenvalue weighted by molar-refractivity contribution is -0.137. The van der Waals surface area contributed by atoms with E-state index in [1.165, 1.54) is 12.1 Å². The molecule has 0 aliphatic heterocycles. The van der Waals surface area contributed by atoms with Gasteiger partial charge in [0.1, 0.15) is 17.4 Å². The first kappa shape index (κ1) is 16.3. The number of carbonyl (C=O) groups excluding carboxylic acids is 1. The monoisotopic (exact) mass is 292 g/mol. The number of amides is 1. The SMILES string of the molecule is CCC(CCC(=O)O)N(N=[N+]=[N-])C(=O)c1ccccc1O. The highest BCUT2D eigenvalue weighted by Crippen LogP contribution is 2.22. The minimum Gasteiger partial charge on any atom is -0.507 e. The van der Waals surface area contributed by atoms with Gasteiger partial charge in [-0.2, -0.15) is 9.92 Å². The van der Waals surface area contributed by atoms with Crippen molar-refractivity contribution in [3.8, 4) is 5.75 Å². The number of phenols is 1. The van der Waals surface area contributed by atoms with E-state index < -0.39 is 17.9 Å². The van der Waals surface area contributed by atoms with Crippen LogP contribution in [0.1, 0.15) is 36.5 Å². The van der Waals surface area contributed by atoms with Crippen LogP contribution < -0.4 is 0 Å². The lowest BCUT2D eigenvalue weighted by Crippen LogP contribution is -2.36. The van der Waals surface area contributed by atoms with E-state index in [4.69, 9.17) is 10.6 Å². The summed E-state index contributed by atoms with van der Waals surface area (Å²) >= 11 is 0. The van der Waals surface area contributed by atoms with Crippen molar-refractivity contribution in [2.45, 2.75) is 32.2 Å². The fourth-order valence-electron chi connectivity index (χ4n) is 1.89. The summed E-state index contributed by atoms with van der Waals surface area (Å²) in [5, 5.41) is 22.7. The summed E-state index contributed by atoms with van der Waals surface area (Å²) in [6, 6.07) is 5.33. The Bertz CT molecular complexity index is 569. The Kier molecular flexibility index (Phi) is 6.03. The average Bonchev–Trinajstić information content (AvgIpc) is 2.46. The van der Waals surface area contributed by atoms with Crippen LogP contribution >= 0.6 is 0 Å². The standard InChI is InChI=1S/C13H16N4O4/c1-2-9(7-8-12(19)20)17(16-15-14)13(21)10-5-3-4-6-11(10)18/h3-6,9,18H,2,7-8H2,1H3,(H,19,20). The van der Waals surface area contributed by atoms with Crippen LogP contribution in [0, 0.1) is 0 Å². The zero-order chi connectivity index (χ0) is 15.8. The van der Waals surface area contributed by atoms with Crippen molar-refractivity contribution in [3.63, 3.8) is 0 Å². The molecule has 0 heterocycles. The first-order valence-corrected chi connectivity index (χ1v) is 6.39. The van der Waals surface area contributed by atoms with Crippen LogP contribution in [0.4, 0.5) is 0 Å². The summed E-state index contributed by atoms with van der Waals surface area (Å²) in [4.78, 5) is 25.6. The van der Waals surface area contributed by atoms with Gasteiger partial charge in [0.2, 0.25) is 0 Å². The Morgan fingerprint density at radius 2 is 2.10 bits per heavy atom. The van der Waals surface area contributed by atoms with Crippen LogP contribution in [0.25, 0.3) is 10.4 Å². The molecule has 0 fully saturated rings. The number of carboxylic acids is 1. The van der Waals surface area contributed by atoms with E-state index in [-0.39, 0.29) is 24.2 Å². The maximum Gasteiger partial charge on any atom is 0.348 e. The molecule has 8 heteroatoms. The predicted molar refractivity (Wildman–Crippen MR) is 74.4 cm³/mol. The second-order valence-corrected chi connectivity index (χ2v) is 4.34. The average molecular weight is 292 g/mol. The van der Waals surface area contributed by atoms with E-state index in [9.17, 15) is 14.7 Å². The Morgan fingerprint density at radius 1 is 1.43 bits per heavy atom. The highest BCUT2D eigenvalue weighted by molar-refractivity contribution is 5.96. The van der Waals surface area contributed by atoms with Gasteiger partial charge in [-0.05, 0) is 30.2 Å². The topological polar surface area (TPSA) is 127 Å². The molecular formula is C13H16N4O4. The van der Waals surface area contributed by atoms with E-state index in [1.54, 1.807) is 19.1 Å².